The summed E-state index contributed by atoms with van der Waals surface area (Å²) >= 11 is 0. The minimum absolute atomic E-state index is 0.0581. The van der Waals surface area contributed by atoms with Crippen LogP contribution in [0, 0.1) is 0 Å². The lowest BCUT2D eigenvalue weighted by molar-refractivity contribution is -0.153. The van der Waals surface area contributed by atoms with Crippen molar-refractivity contribution in [2.45, 2.75) is 31.5 Å². The maximum atomic E-state index is 12.4. The molecule has 1 unspecified atom stereocenters. The van der Waals surface area contributed by atoms with Crippen molar-refractivity contribution < 1.29 is 23.1 Å². The number of hydrogen-bond acceptors (Lipinski definition) is 3. The van der Waals surface area contributed by atoms with E-state index in [0.29, 0.717) is 19.4 Å². The summed E-state index contributed by atoms with van der Waals surface area (Å²) in [6.45, 7) is -0.967. The van der Waals surface area contributed by atoms with Gasteiger partial charge in [-0.2, -0.15) is 13.2 Å². The molecule has 2 N–H and O–H groups in total. The van der Waals surface area contributed by atoms with Crippen LogP contribution in [-0.2, 0) is 4.79 Å². The largest absolute Gasteiger partial charge is 0.401 e. The number of hydrogen-bond donors (Lipinski definition) is 2. The van der Waals surface area contributed by atoms with Crippen molar-refractivity contribution in [2.75, 3.05) is 26.2 Å². The fraction of sp³-hybridized carbons (Fsp3) is 0.900. The molecule has 1 aliphatic rings. The van der Waals surface area contributed by atoms with Gasteiger partial charge in [0, 0.05) is 25.6 Å². The molecule has 0 aromatic heterocycles. The van der Waals surface area contributed by atoms with E-state index in [-0.39, 0.29) is 25.5 Å². The van der Waals surface area contributed by atoms with E-state index in [1.165, 1.54) is 0 Å². The first-order chi connectivity index (χ1) is 7.92. The third-order valence-corrected chi connectivity index (χ3v) is 2.74. The maximum Gasteiger partial charge on any atom is 0.401 e. The molecule has 0 bridgehead atoms. The second kappa shape index (κ2) is 6.20. The highest BCUT2D eigenvalue weighted by atomic mass is 19.4. The summed E-state index contributed by atoms with van der Waals surface area (Å²) in [6.07, 6.45) is -3.04. The first-order valence-electron chi connectivity index (χ1n) is 5.61. The number of amides is 1. The number of carbonyl (C=O) groups is 1. The highest BCUT2D eigenvalue weighted by Crippen LogP contribution is 2.21. The van der Waals surface area contributed by atoms with Gasteiger partial charge in [0.25, 0.3) is 0 Å². The van der Waals surface area contributed by atoms with Gasteiger partial charge in [-0.15, -0.1) is 0 Å². The second-order valence-electron chi connectivity index (χ2n) is 4.16. The number of aliphatic hydroxyl groups excluding tert-OH is 1. The van der Waals surface area contributed by atoms with Crippen LogP contribution in [0.5, 0.6) is 0 Å². The van der Waals surface area contributed by atoms with E-state index >= 15 is 0 Å². The van der Waals surface area contributed by atoms with Crippen molar-refractivity contribution in [1.82, 2.24) is 10.2 Å². The van der Waals surface area contributed by atoms with E-state index in [9.17, 15) is 18.0 Å². The van der Waals surface area contributed by atoms with E-state index in [0.717, 1.165) is 4.90 Å². The van der Waals surface area contributed by atoms with Crippen molar-refractivity contribution in [3.05, 3.63) is 0 Å². The summed E-state index contributed by atoms with van der Waals surface area (Å²) in [5, 5.41) is 11.4. The zero-order valence-corrected chi connectivity index (χ0v) is 9.46. The van der Waals surface area contributed by atoms with Crippen LogP contribution in [0.2, 0.25) is 0 Å². The quantitative estimate of drug-likeness (QED) is 0.768. The predicted octanol–water partition coefficient (Wildman–Crippen LogP) is 0.512. The number of aliphatic hydroxyl groups is 1. The molecule has 7 heteroatoms. The Hall–Kier alpha value is -0.820. The van der Waals surface area contributed by atoms with Crippen molar-refractivity contribution in [3.8, 4) is 0 Å². The molecule has 0 spiro atoms. The molecule has 0 aromatic carbocycles. The van der Waals surface area contributed by atoms with Gasteiger partial charge in [0.15, 0.2) is 0 Å². The average Bonchev–Trinajstić information content (AvgIpc) is 2.40. The first kappa shape index (κ1) is 14.2. The second-order valence-corrected chi connectivity index (χ2v) is 4.16. The average molecular weight is 254 g/mol. The zero-order valence-electron chi connectivity index (χ0n) is 9.46. The number of rotatable bonds is 4. The lowest BCUT2D eigenvalue weighted by atomic mass is 10.1. The van der Waals surface area contributed by atoms with Gasteiger partial charge in [-0.3, -0.25) is 9.69 Å². The van der Waals surface area contributed by atoms with Crippen LogP contribution < -0.4 is 5.32 Å². The minimum Gasteiger partial charge on any atom is -0.395 e. The summed E-state index contributed by atoms with van der Waals surface area (Å²) in [6, 6.07) is -0.439. The Morgan fingerprint density at radius 1 is 1.47 bits per heavy atom. The maximum absolute atomic E-state index is 12.4. The molecule has 0 saturated carbocycles. The van der Waals surface area contributed by atoms with Crippen LogP contribution in [0.15, 0.2) is 0 Å². The monoisotopic (exact) mass is 254 g/mol. The SMILES string of the molecule is O=C1CC(N(CCO)CC(F)(F)F)CCCN1. The molecule has 4 nitrogen and oxygen atoms in total. The van der Waals surface area contributed by atoms with E-state index in [4.69, 9.17) is 5.11 Å². The van der Waals surface area contributed by atoms with Gasteiger partial charge in [-0.1, -0.05) is 0 Å². The van der Waals surface area contributed by atoms with Crippen LogP contribution in [0.4, 0.5) is 13.2 Å². The molecule has 1 rings (SSSR count). The van der Waals surface area contributed by atoms with Crippen LogP contribution in [0.25, 0.3) is 0 Å². The van der Waals surface area contributed by atoms with E-state index in [2.05, 4.69) is 5.32 Å². The van der Waals surface area contributed by atoms with E-state index in [1.807, 2.05) is 0 Å². The van der Waals surface area contributed by atoms with Gasteiger partial charge >= 0.3 is 6.18 Å². The fourth-order valence-electron chi connectivity index (χ4n) is 2.01. The molecule has 0 aromatic rings. The first-order valence-corrected chi connectivity index (χ1v) is 5.61. The molecule has 100 valence electrons. The predicted molar refractivity (Wildman–Crippen MR) is 55.4 cm³/mol. The van der Waals surface area contributed by atoms with Crippen molar-refractivity contribution in [2.24, 2.45) is 0 Å². The van der Waals surface area contributed by atoms with Gasteiger partial charge < -0.3 is 10.4 Å². The standard InChI is InChI=1S/C10H17F3N2O2/c11-10(12,13)7-15(4-5-16)8-2-1-3-14-9(17)6-8/h8,16H,1-7H2,(H,14,17). The Kier molecular flexibility index (Phi) is 5.20. The van der Waals surface area contributed by atoms with Gasteiger partial charge in [0.1, 0.15) is 0 Å². The molecule has 17 heavy (non-hydrogen) atoms. The third-order valence-electron chi connectivity index (χ3n) is 2.74. The molecule has 1 aliphatic heterocycles. The van der Waals surface area contributed by atoms with Gasteiger partial charge in [0.05, 0.1) is 13.2 Å². The Morgan fingerprint density at radius 3 is 2.76 bits per heavy atom. The molecule has 0 radical (unpaired) electrons. The molecular weight excluding hydrogens is 237 g/mol. The molecular formula is C10H17F3N2O2. The number of nitrogens with zero attached hydrogens (tertiary/aromatic N) is 1. The molecule has 1 amide bonds. The van der Waals surface area contributed by atoms with Crippen LogP contribution in [0.1, 0.15) is 19.3 Å². The van der Waals surface area contributed by atoms with Crippen LogP contribution in [0.3, 0.4) is 0 Å². The van der Waals surface area contributed by atoms with Gasteiger partial charge in [-0.05, 0) is 12.8 Å². The fourth-order valence-corrected chi connectivity index (χ4v) is 2.01. The Bertz CT molecular complexity index is 258. The molecule has 1 saturated heterocycles. The van der Waals surface area contributed by atoms with Crippen LogP contribution in [-0.4, -0.2) is 54.4 Å². The summed E-state index contributed by atoms with van der Waals surface area (Å²) in [7, 11) is 0. The molecule has 1 fully saturated rings. The molecule has 0 aliphatic carbocycles. The summed E-state index contributed by atoms with van der Waals surface area (Å²) in [5.41, 5.74) is 0. The Morgan fingerprint density at radius 2 is 2.18 bits per heavy atom. The minimum atomic E-state index is -4.31. The molecule has 1 atom stereocenters. The van der Waals surface area contributed by atoms with Gasteiger partial charge in [-0.25, -0.2) is 0 Å². The van der Waals surface area contributed by atoms with Crippen LogP contribution >= 0.6 is 0 Å². The highest BCUT2D eigenvalue weighted by Gasteiger charge is 2.34. The zero-order chi connectivity index (χ0) is 12.9. The lowest BCUT2D eigenvalue weighted by Gasteiger charge is -2.30. The molecule has 1 heterocycles. The topological polar surface area (TPSA) is 52.6 Å². The number of halogens is 3. The smallest absolute Gasteiger partial charge is 0.395 e. The number of carbonyl (C=O) groups excluding carboxylic acids is 1. The van der Waals surface area contributed by atoms with Crippen molar-refractivity contribution in [1.29, 1.82) is 0 Å². The third kappa shape index (κ3) is 5.36. The van der Waals surface area contributed by atoms with E-state index in [1.54, 1.807) is 0 Å². The van der Waals surface area contributed by atoms with Crippen molar-refractivity contribution >= 4 is 5.91 Å². The Balaban J connectivity index is 2.63. The van der Waals surface area contributed by atoms with E-state index < -0.39 is 18.8 Å². The normalized spacial score (nSPS) is 22.4. The van der Waals surface area contributed by atoms with Gasteiger partial charge in [0.2, 0.25) is 5.91 Å². The highest BCUT2D eigenvalue weighted by molar-refractivity contribution is 5.76. The summed E-state index contributed by atoms with van der Waals surface area (Å²) in [5.74, 6) is -0.224. The number of alkyl halides is 3. The number of nitrogens with one attached hydrogen (secondary N) is 1. The van der Waals surface area contributed by atoms with Crippen molar-refractivity contribution in [3.63, 3.8) is 0 Å². The summed E-state index contributed by atoms with van der Waals surface area (Å²) < 4.78 is 37.1. The summed E-state index contributed by atoms with van der Waals surface area (Å²) in [4.78, 5) is 12.4. The lowest BCUT2D eigenvalue weighted by Crippen LogP contribution is -2.44. The Labute approximate surface area is 97.8 Å².